The Labute approximate surface area is 211 Å². The van der Waals surface area contributed by atoms with Crippen molar-refractivity contribution < 1.29 is 18.7 Å². The summed E-state index contributed by atoms with van der Waals surface area (Å²) >= 11 is 6.19. The molecule has 8 heteroatoms. The number of carbonyl (C=O) groups is 1. The van der Waals surface area contributed by atoms with Crippen LogP contribution in [0.1, 0.15) is 56.1 Å². The average molecular weight is 502 g/mol. The van der Waals surface area contributed by atoms with E-state index in [4.69, 9.17) is 26.2 Å². The van der Waals surface area contributed by atoms with Gasteiger partial charge in [-0.25, -0.2) is 9.07 Å². The zero-order valence-corrected chi connectivity index (χ0v) is 21.7. The first-order valence-corrected chi connectivity index (χ1v) is 12.0. The molecule has 188 valence electrons. The van der Waals surface area contributed by atoms with Crippen molar-refractivity contribution in [2.24, 2.45) is 0 Å². The third-order valence-corrected chi connectivity index (χ3v) is 5.94. The van der Waals surface area contributed by atoms with Crippen LogP contribution < -0.4 is 5.32 Å². The number of hydrogen-bond donors (Lipinski definition) is 1. The van der Waals surface area contributed by atoms with Crippen molar-refractivity contribution >= 4 is 17.5 Å². The third-order valence-electron chi connectivity index (χ3n) is 5.71. The SMILES string of the molecule is COCCOCc1ccc(C(C)C(=O)NCc2cc(C(C)(C)C)nn2-c2cccc(Cl)c2)cc1F. The van der Waals surface area contributed by atoms with Crippen LogP contribution in [0.3, 0.4) is 0 Å². The number of benzene rings is 2. The van der Waals surface area contributed by atoms with Crippen LogP contribution in [-0.2, 0) is 32.8 Å². The van der Waals surface area contributed by atoms with Crippen LogP contribution >= 0.6 is 11.6 Å². The molecule has 1 N–H and O–H groups in total. The average Bonchev–Trinajstić information content (AvgIpc) is 3.25. The monoisotopic (exact) mass is 501 g/mol. The Kier molecular flexibility index (Phi) is 9.05. The molecular weight excluding hydrogens is 469 g/mol. The van der Waals surface area contributed by atoms with Crippen molar-refractivity contribution in [2.75, 3.05) is 20.3 Å². The van der Waals surface area contributed by atoms with E-state index >= 15 is 0 Å². The molecule has 0 saturated heterocycles. The lowest BCUT2D eigenvalue weighted by molar-refractivity contribution is -0.122. The smallest absolute Gasteiger partial charge is 0.227 e. The summed E-state index contributed by atoms with van der Waals surface area (Å²) in [6.45, 7) is 9.28. The lowest BCUT2D eigenvalue weighted by Crippen LogP contribution is -2.28. The number of ether oxygens (including phenoxy) is 2. The molecule has 0 bridgehead atoms. The van der Waals surface area contributed by atoms with Gasteiger partial charge in [0.2, 0.25) is 5.91 Å². The van der Waals surface area contributed by atoms with E-state index < -0.39 is 11.7 Å². The van der Waals surface area contributed by atoms with Crippen molar-refractivity contribution in [1.29, 1.82) is 0 Å². The fourth-order valence-corrected chi connectivity index (χ4v) is 3.68. The van der Waals surface area contributed by atoms with E-state index in [-0.39, 0.29) is 24.5 Å². The van der Waals surface area contributed by atoms with Gasteiger partial charge >= 0.3 is 0 Å². The second kappa shape index (κ2) is 11.8. The molecule has 6 nitrogen and oxygen atoms in total. The Morgan fingerprint density at radius 1 is 1.17 bits per heavy atom. The van der Waals surface area contributed by atoms with E-state index in [1.165, 1.54) is 6.07 Å². The normalized spacial score (nSPS) is 12.5. The second-order valence-electron chi connectivity index (χ2n) is 9.50. The van der Waals surface area contributed by atoms with Gasteiger partial charge in [-0.3, -0.25) is 4.79 Å². The number of halogens is 2. The van der Waals surface area contributed by atoms with Gasteiger partial charge in [0.05, 0.1) is 49.4 Å². The third kappa shape index (κ3) is 7.13. The Morgan fingerprint density at radius 3 is 2.60 bits per heavy atom. The molecule has 0 spiro atoms. The first kappa shape index (κ1) is 26.9. The van der Waals surface area contributed by atoms with Gasteiger partial charge in [0.1, 0.15) is 5.82 Å². The highest BCUT2D eigenvalue weighted by Gasteiger charge is 2.22. The largest absolute Gasteiger partial charge is 0.382 e. The maximum Gasteiger partial charge on any atom is 0.227 e. The summed E-state index contributed by atoms with van der Waals surface area (Å²) in [7, 11) is 1.58. The van der Waals surface area contributed by atoms with E-state index in [0.29, 0.717) is 29.4 Å². The molecule has 1 amide bonds. The van der Waals surface area contributed by atoms with Gasteiger partial charge in [0.25, 0.3) is 0 Å². The Hall–Kier alpha value is -2.74. The van der Waals surface area contributed by atoms with Crippen LogP contribution in [-0.4, -0.2) is 36.0 Å². The van der Waals surface area contributed by atoms with Crippen molar-refractivity contribution in [3.8, 4) is 5.69 Å². The number of carbonyl (C=O) groups excluding carboxylic acids is 1. The molecule has 3 rings (SSSR count). The van der Waals surface area contributed by atoms with Gasteiger partial charge in [-0.2, -0.15) is 5.10 Å². The Balaban J connectivity index is 1.72. The maximum atomic E-state index is 14.6. The van der Waals surface area contributed by atoms with Crippen LogP contribution in [0, 0.1) is 5.82 Å². The second-order valence-corrected chi connectivity index (χ2v) is 9.93. The molecule has 1 atom stereocenters. The molecule has 0 aliphatic heterocycles. The van der Waals surface area contributed by atoms with Gasteiger partial charge in [-0.15, -0.1) is 0 Å². The summed E-state index contributed by atoms with van der Waals surface area (Å²) in [5, 5.41) is 8.35. The lowest BCUT2D eigenvalue weighted by Gasteiger charge is -2.15. The highest BCUT2D eigenvalue weighted by Crippen LogP contribution is 2.25. The standard InChI is InChI=1S/C27H33ClFN3O3/c1-18(19-9-10-20(24(29)13-19)17-35-12-11-34-5)26(33)30-16-23-15-25(27(2,3)4)31-32(23)22-8-6-7-21(28)14-22/h6-10,13-15,18H,11-12,16-17H2,1-5H3,(H,30,33). The number of rotatable bonds is 10. The lowest BCUT2D eigenvalue weighted by atomic mass is 9.92. The molecule has 1 heterocycles. The maximum absolute atomic E-state index is 14.6. The quantitative estimate of drug-likeness (QED) is 0.370. The Morgan fingerprint density at radius 2 is 1.94 bits per heavy atom. The van der Waals surface area contributed by atoms with Gasteiger partial charge in [-0.05, 0) is 42.8 Å². The van der Waals surface area contributed by atoms with Gasteiger partial charge in [0, 0.05) is 23.1 Å². The van der Waals surface area contributed by atoms with Crippen molar-refractivity contribution in [1.82, 2.24) is 15.1 Å². The highest BCUT2D eigenvalue weighted by molar-refractivity contribution is 6.30. The predicted octanol–water partition coefficient (Wildman–Crippen LogP) is 5.55. The van der Waals surface area contributed by atoms with E-state index in [2.05, 4.69) is 26.1 Å². The molecule has 0 aliphatic carbocycles. The molecule has 0 aliphatic rings. The van der Waals surface area contributed by atoms with Crippen molar-refractivity contribution in [3.63, 3.8) is 0 Å². The minimum atomic E-state index is -0.530. The molecule has 1 unspecified atom stereocenters. The summed E-state index contributed by atoms with van der Waals surface area (Å²) < 4.78 is 26.7. The molecule has 0 saturated carbocycles. The number of methoxy groups -OCH3 is 1. The van der Waals surface area contributed by atoms with Crippen molar-refractivity contribution in [3.05, 3.63) is 81.9 Å². The van der Waals surface area contributed by atoms with E-state index in [1.807, 2.05) is 24.3 Å². The Bertz CT molecular complexity index is 1160. The van der Waals surface area contributed by atoms with E-state index in [1.54, 1.807) is 36.9 Å². The first-order chi connectivity index (χ1) is 16.6. The molecule has 0 radical (unpaired) electrons. The zero-order chi connectivity index (χ0) is 25.6. The molecule has 35 heavy (non-hydrogen) atoms. The summed E-state index contributed by atoms with van der Waals surface area (Å²) in [5.74, 6) is -1.13. The molecular formula is C27H33ClFN3O3. The molecule has 3 aromatic rings. The minimum absolute atomic E-state index is 0.152. The molecule has 2 aromatic carbocycles. The number of nitrogens with zero attached hydrogens (tertiary/aromatic N) is 2. The number of amides is 1. The fourth-order valence-electron chi connectivity index (χ4n) is 3.50. The first-order valence-electron chi connectivity index (χ1n) is 11.6. The minimum Gasteiger partial charge on any atom is -0.382 e. The van der Waals surface area contributed by atoms with Crippen LogP contribution in [0.5, 0.6) is 0 Å². The van der Waals surface area contributed by atoms with Crippen molar-refractivity contribution in [2.45, 2.75) is 52.2 Å². The van der Waals surface area contributed by atoms with Crippen LogP contribution in [0.15, 0.2) is 48.5 Å². The zero-order valence-electron chi connectivity index (χ0n) is 20.9. The molecule has 0 fully saturated rings. The van der Waals surface area contributed by atoms with Crippen LogP contribution in [0.4, 0.5) is 4.39 Å². The summed E-state index contributed by atoms with van der Waals surface area (Å²) in [6, 6.07) is 14.2. The predicted molar refractivity (Wildman–Crippen MR) is 135 cm³/mol. The van der Waals surface area contributed by atoms with E-state index in [9.17, 15) is 9.18 Å². The van der Waals surface area contributed by atoms with Gasteiger partial charge in [-0.1, -0.05) is 50.6 Å². The number of aromatic nitrogens is 2. The molecule has 1 aromatic heterocycles. The summed E-state index contributed by atoms with van der Waals surface area (Å²) in [6.07, 6.45) is 0. The fraction of sp³-hybridized carbons (Fsp3) is 0.407. The van der Waals surface area contributed by atoms with Gasteiger partial charge < -0.3 is 14.8 Å². The topological polar surface area (TPSA) is 65.4 Å². The summed E-state index contributed by atoms with van der Waals surface area (Å²) in [5.41, 5.74) is 3.42. The van der Waals surface area contributed by atoms with Crippen LogP contribution in [0.25, 0.3) is 5.69 Å². The van der Waals surface area contributed by atoms with E-state index in [0.717, 1.165) is 17.1 Å². The van der Waals surface area contributed by atoms with Crippen LogP contribution in [0.2, 0.25) is 5.02 Å². The number of nitrogens with one attached hydrogen (secondary N) is 1. The highest BCUT2D eigenvalue weighted by atomic mass is 35.5. The summed E-state index contributed by atoms with van der Waals surface area (Å²) in [4.78, 5) is 12.9. The number of hydrogen-bond acceptors (Lipinski definition) is 4. The van der Waals surface area contributed by atoms with Gasteiger partial charge in [0.15, 0.2) is 0 Å².